The SMILES string of the molecule is CC1(C)C2CNCC2CN1c1ncnc2c1CCC2. The second kappa shape index (κ2) is 3.92. The average Bonchev–Trinajstić information content (AvgIpc) is 3.06. The van der Waals surface area contributed by atoms with Crippen LogP contribution in [0.15, 0.2) is 6.33 Å². The summed E-state index contributed by atoms with van der Waals surface area (Å²) in [5.41, 5.74) is 2.92. The molecule has 0 amide bonds. The molecule has 2 unspecified atom stereocenters. The van der Waals surface area contributed by atoms with Crippen LogP contribution >= 0.6 is 0 Å². The molecule has 4 rings (SSSR count). The summed E-state index contributed by atoms with van der Waals surface area (Å²) in [5.74, 6) is 2.75. The van der Waals surface area contributed by atoms with E-state index >= 15 is 0 Å². The maximum atomic E-state index is 4.65. The van der Waals surface area contributed by atoms with E-state index in [0.717, 1.165) is 44.3 Å². The van der Waals surface area contributed by atoms with Crippen molar-refractivity contribution in [2.75, 3.05) is 24.5 Å². The molecule has 3 aliphatic rings. The van der Waals surface area contributed by atoms with Gasteiger partial charge in [0.2, 0.25) is 0 Å². The number of nitrogens with zero attached hydrogens (tertiary/aromatic N) is 3. The van der Waals surface area contributed by atoms with Gasteiger partial charge in [-0.15, -0.1) is 0 Å². The Morgan fingerprint density at radius 1 is 1.26 bits per heavy atom. The molecule has 2 saturated heterocycles. The molecular weight excluding hydrogens is 236 g/mol. The second-order valence-corrected chi connectivity index (χ2v) is 6.77. The van der Waals surface area contributed by atoms with Crippen molar-refractivity contribution in [2.24, 2.45) is 11.8 Å². The molecular formula is C15H22N4. The Morgan fingerprint density at radius 3 is 3.00 bits per heavy atom. The van der Waals surface area contributed by atoms with Crippen molar-refractivity contribution in [3.63, 3.8) is 0 Å². The van der Waals surface area contributed by atoms with Crippen molar-refractivity contribution >= 4 is 5.82 Å². The highest BCUT2D eigenvalue weighted by molar-refractivity contribution is 5.54. The molecule has 3 heterocycles. The first-order valence-electron chi connectivity index (χ1n) is 7.49. The Kier molecular flexibility index (Phi) is 2.40. The molecule has 1 aliphatic carbocycles. The van der Waals surface area contributed by atoms with Crippen molar-refractivity contribution < 1.29 is 0 Å². The number of aromatic nitrogens is 2. The van der Waals surface area contributed by atoms with E-state index in [4.69, 9.17) is 0 Å². The number of aryl methyl sites for hydroxylation is 1. The highest BCUT2D eigenvalue weighted by Gasteiger charge is 2.50. The van der Waals surface area contributed by atoms with Crippen molar-refractivity contribution in [2.45, 2.75) is 38.6 Å². The summed E-state index contributed by atoms with van der Waals surface area (Å²) in [6.45, 7) is 8.23. The van der Waals surface area contributed by atoms with Crippen LogP contribution in [-0.4, -0.2) is 35.1 Å². The van der Waals surface area contributed by atoms with Crippen molar-refractivity contribution in [1.29, 1.82) is 0 Å². The van der Waals surface area contributed by atoms with E-state index in [1.807, 2.05) is 0 Å². The van der Waals surface area contributed by atoms with Crippen LogP contribution in [0.3, 0.4) is 0 Å². The quantitative estimate of drug-likeness (QED) is 0.826. The van der Waals surface area contributed by atoms with Gasteiger partial charge in [-0.05, 0) is 44.9 Å². The fraction of sp³-hybridized carbons (Fsp3) is 0.733. The third kappa shape index (κ3) is 1.55. The van der Waals surface area contributed by atoms with Gasteiger partial charge >= 0.3 is 0 Å². The standard InChI is InChI=1S/C15H22N4/c1-15(2)12-7-16-6-10(12)8-19(15)14-11-4-3-5-13(11)17-9-18-14/h9-10,12,16H,3-8H2,1-2H3. The van der Waals surface area contributed by atoms with Gasteiger partial charge in [0.25, 0.3) is 0 Å². The predicted molar refractivity (Wildman–Crippen MR) is 75.3 cm³/mol. The average molecular weight is 258 g/mol. The zero-order valence-electron chi connectivity index (χ0n) is 11.8. The van der Waals surface area contributed by atoms with E-state index in [9.17, 15) is 0 Å². The lowest BCUT2D eigenvalue weighted by Gasteiger charge is -2.37. The lowest BCUT2D eigenvalue weighted by molar-refractivity contribution is 0.355. The molecule has 0 aromatic carbocycles. The largest absolute Gasteiger partial charge is 0.350 e. The molecule has 19 heavy (non-hydrogen) atoms. The van der Waals surface area contributed by atoms with Crippen LogP contribution in [-0.2, 0) is 12.8 Å². The third-order valence-electron chi connectivity index (χ3n) is 5.47. The minimum Gasteiger partial charge on any atom is -0.350 e. The molecule has 1 N–H and O–H groups in total. The fourth-order valence-corrected chi connectivity index (χ4v) is 4.36. The summed E-state index contributed by atoms with van der Waals surface area (Å²) in [6, 6.07) is 0. The first kappa shape index (κ1) is 11.6. The lowest BCUT2D eigenvalue weighted by Crippen LogP contribution is -2.45. The van der Waals surface area contributed by atoms with E-state index in [1.54, 1.807) is 6.33 Å². The molecule has 1 aromatic rings. The van der Waals surface area contributed by atoms with Crippen LogP contribution in [0.25, 0.3) is 0 Å². The molecule has 0 radical (unpaired) electrons. The molecule has 4 nitrogen and oxygen atoms in total. The maximum Gasteiger partial charge on any atom is 0.135 e. The minimum atomic E-state index is 0.207. The van der Waals surface area contributed by atoms with Gasteiger partial charge in [0.15, 0.2) is 0 Å². The van der Waals surface area contributed by atoms with Crippen LogP contribution in [0.4, 0.5) is 5.82 Å². The summed E-state index contributed by atoms with van der Waals surface area (Å²) < 4.78 is 0. The summed E-state index contributed by atoms with van der Waals surface area (Å²) in [4.78, 5) is 11.7. The minimum absolute atomic E-state index is 0.207. The molecule has 4 heteroatoms. The molecule has 2 atom stereocenters. The van der Waals surface area contributed by atoms with E-state index in [1.165, 1.54) is 23.5 Å². The predicted octanol–water partition coefficient (Wildman–Crippen LogP) is 1.40. The zero-order chi connectivity index (χ0) is 13.0. The first-order chi connectivity index (χ1) is 9.18. The number of anilines is 1. The molecule has 2 fully saturated rings. The van der Waals surface area contributed by atoms with Crippen molar-refractivity contribution in [1.82, 2.24) is 15.3 Å². The van der Waals surface area contributed by atoms with Gasteiger partial charge in [0.1, 0.15) is 12.1 Å². The zero-order valence-corrected chi connectivity index (χ0v) is 11.8. The van der Waals surface area contributed by atoms with Crippen LogP contribution in [0.5, 0.6) is 0 Å². The van der Waals surface area contributed by atoms with Gasteiger partial charge in [-0.25, -0.2) is 9.97 Å². The van der Waals surface area contributed by atoms with Crippen molar-refractivity contribution in [3.05, 3.63) is 17.6 Å². The Balaban J connectivity index is 1.76. The summed E-state index contributed by atoms with van der Waals surface area (Å²) >= 11 is 0. The van der Waals surface area contributed by atoms with E-state index in [0.29, 0.717) is 0 Å². The highest BCUT2D eigenvalue weighted by atomic mass is 15.3. The highest BCUT2D eigenvalue weighted by Crippen LogP contribution is 2.44. The molecule has 0 saturated carbocycles. The number of nitrogens with one attached hydrogen (secondary N) is 1. The Morgan fingerprint density at radius 2 is 2.16 bits per heavy atom. The third-order valence-corrected chi connectivity index (χ3v) is 5.47. The first-order valence-corrected chi connectivity index (χ1v) is 7.49. The molecule has 2 aliphatic heterocycles. The summed E-state index contributed by atoms with van der Waals surface area (Å²) in [5, 5.41) is 3.54. The maximum absolute atomic E-state index is 4.65. The Bertz CT molecular complexity index is 511. The van der Waals surface area contributed by atoms with Crippen molar-refractivity contribution in [3.8, 4) is 0 Å². The molecule has 102 valence electrons. The fourth-order valence-electron chi connectivity index (χ4n) is 4.36. The van der Waals surface area contributed by atoms with Crippen LogP contribution in [0.2, 0.25) is 0 Å². The number of fused-ring (bicyclic) bond motifs is 2. The summed E-state index contributed by atoms with van der Waals surface area (Å²) in [7, 11) is 0. The van der Waals surface area contributed by atoms with Crippen LogP contribution in [0.1, 0.15) is 31.5 Å². The Hall–Kier alpha value is -1.16. The van der Waals surface area contributed by atoms with Gasteiger partial charge in [0, 0.05) is 36.4 Å². The van der Waals surface area contributed by atoms with Crippen LogP contribution < -0.4 is 10.2 Å². The van der Waals surface area contributed by atoms with Gasteiger partial charge < -0.3 is 10.2 Å². The van der Waals surface area contributed by atoms with E-state index < -0.39 is 0 Å². The monoisotopic (exact) mass is 258 g/mol. The van der Waals surface area contributed by atoms with E-state index in [-0.39, 0.29) is 5.54 Å². The summed E-state index contributed by atoms with van der Waals surface area (Å²) in [6.07, 6.45) is 5.30. The smallest absolute Gasteiger partial charge is 0.135 e. The number of hydrogen-bond acceptors (Lipinski definition) is 4. The number of rotatable bonds is 1. The lowest BCUT2D eigenvalue weighted by atomic mass is 9.85. The molecule has 1 aromatic heterocycles. The second-order valence-electron chi connectivity index (χ2n) is 6.77. The molecule has 0 spiro atoms. The topological polar surface area (TPSA) is 41.0 Å². The van der Waals surface area contributed by atoms with Gasteiger partial charge in [-0.2, -0.15) is 0 Å². The van der Waals surface area contributed by atoms with Crippen LogP contribution in [0, 0.1) is 11.8 Å². The normalized spacial score (nSPS) is 31.6. The Labute approximate surface area is 114 Å². The van der Waals surface area contributed by atoms with Gasteiger partial charge in [0.05, 0.1) is 0 Å². The van der Waals surface area contributed by atoms with Gasteiger partial charge in [-0.1, -0.05) is 0 Å². The number of hydrogen-bond donors (Lipinski definition) is 1. The van der Waals surface area contributed by atoms with E-state index in [2.05, 4.69) is 34.0 Å². The molecule has 0 bridgehead atoms. The van der Waals surface area contributed by atoms with Gasteiger partial charge in [-0.3, -0.25) is 0 Å².